The molecule has 0 radical (unpaired) electrons. The quantitative estimate of drug-likeness (QED) is 0.756. The lowest BCUT2D eigenvalue weighted by Crippen LogP contribution is -1.92. The van der Waals surface area contributed by atoms with E-state index in [4.69, 9.17) is 0 Å². The third kappa shape index (κ3) is 1.70. The van der Waals surface area contributed by atoms with Gasteiger partial charge < -0.3 is 5.11 Å². The molecule has 1 rings (SSSR count). The predicted molar refractivity (Wildman–Crippen MR) is 49.8 cm³/mol. The minimum absolute atomic E-state index is 0.354. The molecule has 2 heteroatoms. The molecule has 0 aliphatic heterocycles. The first-order valence-electron chi connectivity index (χ1n) is 3.14. The topological polar surface area (TPSA) is 20.2 Å². The van der Waals surface area contributed by atoms with Gasteiger partial charge in [-0.1, -0.05) is 18.2 Å². The maximum absolute atomic E-state index is 9.20. The van der Waals surface area contributed by atoms with Crippen LogP contribution in [0.25, 0.3) is 0 Å². The van der Waals surface area contributed by atoms with Crippen LogP contribution >= 0.6 is 22.6 Å². The molecule has 1 aromatic rings. The zero-order valence-electron chi connectivity index (χ0n) is 5.71. The molecule has 0 saturated heterocycles. The number of halogens is 1. The van der Waals surface area contributed by atoms with E-state index >= 15 is 0 Å². The SMILES string of the molecule is C[C@@H](O)c1ccccc1I. The minimum Gasteiger partial charge on any atom is -0.389 e. The minimum atomic E-state index is -0.354. The Hall–Kier alpha value is -0.0900. The van der Waals surface area contributed by atoms with Crippen LogP contribution in [0.4, 0.5) is 0 Å². The van der Waals surface area contributed by atoms with Crippen LogP contribution in [0.3, 0.4) is 0 Å². The summed E-state index contributed by atoms with van der Waals surface area (Å²) in [6.45, 7) is 1.78. The molecular weight excluding hydrogens is 239 g/mol. The largest absolute Gasteiger partial charge is 0.389 e. The number of hydrogen-bond donors (Lipinski definition) is 1. The molecular formula is C8H9IO. The monoisotopic (exact) mass is 248 g/mol. The van der Waals surface area contributed by atoms with Crippen molar-refractivity contribution >= 4 is 22.6 Å². The molecule has 0 bridgehead atoms. The van der Waals surface area contributed by atoms with Crippen molar-refractivity contribution in [1.29, 1.82) is 0 Å². The van der Waals surface area contributed by atoms with Crippen LogP contribution < -0.4 is 0 Å². The van der Waals surface area contributed by atoms with Crippen LogP contribution in [0.2, 0.25) is 0 Å². The highest BCUT2D eigenvalue weighted by molar-refractivity contribution is 14.1. The summed E-state index contributed by atoms with van der Waals surface area (Å²) in [6, 6.07) is 7.83. The lowest BCUT2D eigenvalue weighted by atomic mass is 10.1. The number of aliphatic hydroxyl groups excluding tert-OH is 1. The second-order valence-corrected chi connectivity index (χ2v) is 3.36. The Morgan fingerprint density at radius 3 is 2.40 bits per heavy atom. The molecule has 0 fully saturated rings. The van der Waals surface area contributed by atoms with Crippen LogP contribution in [0.15, 0.2) is 24.3 Å². The summed E-state index contributed by atoms with van der Waals surface area (Å²) in [5.41, 5.74) is 1.00. The third-order valence-corrected chi connectivity index (χ3v) is 2.34. The Kier molecular flexibility index (Phi) is 2.68. The molecule has 1 atom stereocenters. The maximum Gasteiger partial charge on any atom is 0.0772 e. The fraction of sp³-hybridized carbons (Fsp3) is 0.250. The molecule has 1 N–H and O–H groups in total. The van der Waals surface area contributed by atoms with Gasteiger partial charge in [-0.25, -0.2) is 0 Å². The molecule has 0 aliphatic rings. The van der Waals surface area contributed by atoms with Gasteiger partial charge in [-0.15, -0.1) is 0 Å². The highest BCUT2D eigenvalue weighted by Gasteiger charge is 2.02. The van der Waals surface area contributed by atoms with Crippen molar-refractivity contribution in [2.24, 2.45) is 0 Å². The molecule has 0 heterocycles. The third-order valence-electron chi connectivity index (χ3n) is 1.36. The van der Waals surface area contributed by atoms with Gasteiger partial charge in [-0.2, -0.15) is 0 Å². The van der Waals surface area contributed by atoms with Crippen molar-refractivity contribution in [1.82, 2.24) is 0 Å². The van der Waals surface area contributed by atoms with Gasteiger partial charge in [0.25, 0.3) is 0 Å². The van der Waals surface area contributed by atoms with Gasteiger partial charge in [0.2, 0.25) is 0 Å². The standard InChI is InChI=1S/C8H9IO/c1-6(10)7-4-2-3-5-8(7)9/h2-6,10H,1H3/t6-/m1/s1. The Labute approximate surface area is 74.2 Å². The van der Waals surface area contributed by atoms with Crippen molar-refractivity contribution in [3.63, 3.8) is 0 Å². The van der Waals surface area contributed by atoms with E-state index in [9.17, 15) is 5.11 Å². The van der Waals surface area contributed by atoms with E-state index in [1.165, 1.54) is 0 Å². The number of hydrogen-bond acceptors (Lipinski definition) is 1. The fourth-order valence-corrected chi connectivity index (χ4v) is 1.65. The van der Waals surface area contributed by atoms with Crippen molar-refractivity contribution in [2.75, 3.05) is 0 Å². The van der Waals surface area contributed by atoms with E-state index < -0.39 is 0 Å². The molecule has 0 aliphatic carbocycles. The average Bonchev–Trinajstić information content (AvgIpc) is 1.88. The van der Waals surface area contributed by atoms with Gasteiger partial charge >= 0.3 is 0 Å². The van der Waals surface area contributed by atoms with Crippen molar-refractivity contribution in [2.45, 2.75) is 13.0 Å². The number of rotatable bonds is 1. The van der Waals surface area contributed by atoms with E-state index in [-0.39, 0.29) is 6.10 Å². The molecule has 0 spiro atoms. The smallest absolute Gasteiger partial charge is 0.0772 e. The summed E-state index contributed by atoms with van der Waals surface area (Å²) in [5, 5.41) is 9.20. The van der Waals surface area contributed by atoms with Crippen LogP contribution in [0, 0.1) is 3.57 Å². The summed E-state index contributed by atoms with van der Waals surface area (Å²) in [5.74, 6) is 0. The van der Waals surface area contributed by atoms with E-state index in [2.05, 4.69) is 22.6 Å². The van der Waals surface area contributed by atoms with Gasteiger partial charge in [-0.3, -0.25) is 0 Å². The highest BCUT2D eigenvalue weighted by atomic mass is 127. The second kappa shape index (κ2) is 3.34. The van der Waals surface area contributed by atoms with Gasteiger partial charge in [0.05, 0.1) is 6.10 Å². The zero-order chi connectivity index (χ0) is 7.56. The molecule has 1 nitrogen and oxygen atoms in total. The average molecular weight is 248 g/mol. The molecule has 54 valence electrons. The van der Waals surface area contributed by atoms with Gasteiger partial charge in [0.15, 0.2) is 0 Å². The van der Waals surface area contributed by atoms with E-state index in [1.54, 1.807) is 6.92 Å². The summed E-state index contributed by atoms with van der Waals surface area (Å²) in [4.78, 5) is 0. The first-order chi connectivity index (χ1) is 4.72. The number of aliphatic hydroxyl groups is 1. The summed E-state index contributed by atoms with van der Waals surface area (Å²) in [7, 11) is 0. The van der Waals surface area contributed by atoms with Crippen molar-refractivity contribution in [3.05, 3.63) is 33.4 Å². The van der Waals surface area contributed by atoms with Crippen molar-refractivity contribution < 1.29 is 5.11 Å². The lowest BCUT2D eigenvalue weighted by Gasteiger charge is -2.05. The van der Waals surface area contributed by atoms with Gasteiger partial charge in [-0.05, 0) is 41.1 Å². The molecule has 10 heavy (non-hydrogen) atoms. The molecule has 1 aromatic carbocycles. The first-order valence-corrected chi connectivity index (χ1v) is 4.22. The maximum atomic E-state index is 9.20. The first kappa shape index (κ1) is 8.01. The van der Waals surface area contributed by atoms with Crippen molar-refractivity contribution in [3.8, 4) is 0 Å². The highest BCUT2D eigenvalue weighted by Crippen LogP contribution is 2.18. The Balaban J connectivity index is 3.03. The van der Waals surface area contributed by atoms with E-state index in [0.29, 0.717) is 0 Å². The zero-order valence-corrected chi connectivity index (χ0v) is 7.87. The summed E-state index contributed by atoms with van der Waals surface area (Å²) < 4.78 is 1.12. The van der Waals surface area contributed by atoms with Gasteiger partial charge in [0, 0.05) is 3.57 Å². The van der Waals surface area contributed by atoms with Crippen LogP contribution in [-0.2, 0) is 0 Å². The van der Waals surface area contributed by atoms with Crippen LogP contribution in [-0.4, -0.2) is 5.11 Å². The Morgan fingerprint density at radius 2 is 2.00 bits per heavy atom. The van der Waals surface area contributed by atoms with E-state index in [1.807, 2.05) is 24.3 Å². The molecule has 0 amide bonds. The molecule has 0 saturated carbocycles. The normalized spacial score (nSPS) is 13.1. The van der Waals surface area contributed by atoms with Gasteiger partial charge in [0.1, 0.15) is 0 Å². The summed E-state index contributed by atoms with van der Waals surface area (Å²) >= 11 is 2.22. The molecule has 0 unspecified atom stereocenters. The summed E-state index contributed by atoms with van der Waals surface area (Å²) in [6.07, 6.45) is -0.354. The number of benzene rings is 1. The lowest BCUT2D eigenvalue weighted by molar-refractivity contribution is 0.198. The second-order valence-electron chi connectivity index (χ2n) is 2.20. The van der Waals surface area contributed by atoms with Crippen LogP contribution in [0.5, 0.6) is 0 Å². The predicted octanol–water partition coefficient (Wildman–Crippen LogP) is 2.34. The molecule has 0 aromatic heterocycles. The Bertz CT molecular complexity index is 220. The Morgan fingerprint density at radius 1 is 1.40 bits per heavy atom. The fourth-order valence-electron chi connectivity index (χ4n) is 0.814. The van der Waals surface area contributed by atoms with E-state index in [0.717, 1.165) is 9.13 Å². The van der Waals surface area contributed by atoms with Crippen LogP contribution in [0.1, 0.15) is 18.6 Å².